The average molecular weight is 496 g/mol. The SMILES string of the molecule is COc1ccc(N(C)C(=O)[C@@H](CC(=O)Cn2nc(C)c3c2CCCC3)Cc2cc(F)cc(F)c2)cc1. The van der Waals surface area contributed by atoms with Gasteiger partial charge in [-0.25, -0.2) is 8.78 Å². The van der Waals surface area contributed by atoms with Gasteiger partial charge in [-0.15, -0.1) is 0 Å². The molecule has 1 heterocycles. The number of hydrogen-bond acceptors (Lipinski definition) is 4. The number of hydrogen-bond donors (Lipinski definition) is 0. The molecule has 6 nitrogen and oxygen atoms in total. The minimum absolute atomic E-state index is 0.0377. The molecule has 3 aromatic rings. The summed E-state index contributed by atoms with van der Waals surface area (Å²) in [5.41, 5.74) is 4.21. The topological polar surface area (TPSA) is 64.4 Å². The number of ether oxygens (including phenoxy) is 1. The van der Waals surface area contributed by atoms with Gasteiger partial charge in [0, 0.05) is 36.8 Å². The highest BCUT2D eigenvalue weighted by molar-refractivity contribution is 5.97. The molecule has 4 rings (SSSR count). The predicted octanol–water partition coefficient (Wildman–Crippen LogP) is 4.84. The summed E-state index contributed by atoms with van der Waals surface area (Å²) < 4.78 is 34.7. The fourth-order valence-electron chi connectivity index (χ4n) is 4.97. The van der Waals surface area contributed by atoms with Crippen LogP contribution in [0, 0.1) is 24.5 Å². The molecule has 1 aliphatic rings. The zero-order valence-corrected chi connectivity index (χ0v) is 20.9. The number of halogens is 2. The Labute approximate surface area is 209 Å². The summed E-state index contributed by atoms with van der Waals surface area (Å²) in [5.74, 6) is -2.03. The second-order valence-corrected chi connectivity index (χ2v) is 9.39. The van der Waals surface area contributed by atoms with Crippen LogP contribution in [0.15, 0.2) is 42.5 Å². The largest absolute Gasteiger partial charge is 0.497 e. The third-order valence-electron chi connectivity index (χ3n) is 6.80. The van der Waals surface area contributed by atoms with E-state index in [2.05, 4.69) is 5.10 Å². The molecule has 1 aromatic heterocycles. The summed E-state index contributed by atoms with van der Waals surface area (Å²) in [6.45, 7) is 2.03. The highest BCUT2D eigenvalue weighted by Gasteiger charge is 2.28. The molecule has 0 N–H and O–H groups in total. The standard InChI is InChI=1S/C28H31F2N3O3/c1-18-26-6-4-5-7-27(26)33(31-18)17-24(34)15-20(12-19-13-21(29)16-22(30)14-19)28(35)32(2)23-8-10-25(36-3)11-9-23/h8-11,13-14,16,20H,4-7,12,15,17H2,1-3H3/t20-/m1/s1. The van der Waals surface area contributed by atoms with Gasteiger partial charge in [0.25, 0.3) is 0 Å². The quantitative estimate of drug-likeness (QED) is 0.426. The number of ketones is 1. The van der Waals surface area contributed by atoms with Crippen molar-refractivity contribution in [3.8, 4) is 5.75 Å². The Kier molecular flexibility index (Phi) is 7.82. The predicted molar refractivity (Wildman–Crippen MR) is 133 cm³/mol. The number of aryl methyl sites for hydroxylation is 1. The number of carbonyl (C=O) groups is 2. The van der Waals surface area contributed by atoms with Crippen molar-refractivity contribution < 1.29 is 23.1 Å². The van der Waals surface area contributed by atoms with Crippen molar-refractivity contribution in [1.82, 2.24) is 9.78 Å². The Balaban J connectivity index is 1.56. The van der Waals surface area contributed by atoms with E-state index in [1.54, 1.807) is 43.1 Å². The van der Waals surface area contributed by atoms with Gasteiger partial charge in [-0.05, 0) is 86.6 Å². The second-order valence-electron chi connectivity index (χ2n) is 9.39. The van der Waals surface area contributed by atoms with Gasteiger partial charge < -0.3 is 9.64 Å². The first-order chi connectivity index (χ1) is 17.2. The van der Waals surface area contributed by atoms with Gasteiger partial charge in [-0.3, -0.25) is 14.3 Å². The lowest BCUT2D eigenvalue weighted by Gasteiger charge is -2.24. The number of benzene rings is 2. The Bertz CT molecular complexity index is 1230. The first-order valence-corrected chi connectivity index (χ1v) is 12.2. The van der Waals surface area contributed by atoms with Crippen LogP contribution in [-0.4, -0.2) is 35.6 Å². The average Bonchev–Trinajstić information content (AvgIpc) is 3.17. The van der Waals surface area contributed by atoms with Gasteiger partial charge >= 0.3 is 0 Å². The second kappa shape index (κ2) is 11.0. The number of Topliss-reactive ketones (excluding diaryl/α,β-unsaturated/α-hetero) is 1. The minimum Gasteiger partial charge on any atom is -0.497 e. The summed E-state index contributed by atoms with van der Waals surface area (Å²) in [4.78, 5) is 28.2. The highest BCUT2D eigenvalue weighted by Crippen LogP contribution is 2.26. The van der Waals surface area contributed by atoms with Crippen LogP contribution in [0.1, 0.15) is 41.8 Å². The summed E-state index contributed by atoms with van der Waals surface area (Å²) in [7, 11) is 3.18. The van der Waals surface area contributed by atoms with Crippen molar-refractivity contribution in [3.05, 3.63) is 76.6 Å². The Hall–Kier alpha value is -3.55. The zero-order chi connectivity index (χ0) is 25.8. The van der Waals surface area contributed by atoms with Crippen molar-refractivity contribution in [1.29, 1.82) is 0 Å². The molecule has 0 aliphatic heterocycles. The third kappa shape index (κ3) is 5.80. The fourth-order valence-corrected chi connectivity index (χ4v) is 4.97. The van der Waals surface area contributed by atoms with Crippen LogP contribution in [0.5, 0.6) is 5.75 Å². The fraction of sp³-hybridized carbons (Fsp3) is 0.393. The van der Waals surface area contributed by atoms with Crippen molar-refractivity contribution in [2.45, 2.75) is 52.0 Å². The maximum absolute atomic E-state index is 13.9. The molecule has 0 radical (unpaired) electrons. The van der Waals surface area contributed by atoms with Crippen LogP contribution in [0.2, 0.25) is 0 Å². The van der Waals surface area contributed by atoms with Crippen LogP contribution in [0.25, 0.3) is 0 Å². The number of amides is 1. The summed E-state index contributed by atoms with van der Waals surface area (Å²) in [5, 5.41) is 4.58. The maximum atomic E-state index is 13.9. The van der Waals surface area contributed by atoms with Crippen LogP contribution < -0.4 is 9.64 Å². The molecular weight excluding hydrogens is 464 g/mol. The number of fused-ring (bicyclic) bond motifs is 1. The van der Waals surface area contributed by atoms with Gasteiger partial charge in [0.15, 0.2) is 5.78 Å². The number of nitrogens with zero attached hydrogens (tertiary/aromatic N) is 3. The molecule has 0 saturated carbocycles. The monoisotopic (exact) mass is 495 g/mol. The Morgan fingerprint density at radius 1 is 1.08 bits per heavy atom. The summed E-state index contributed by atoms with van der Waals surface area (Å²) in [6.07, 6.45) is 4.00. The summed E-state index contributed by atoms with van der Waals surface area (Å²) >= 11 is 0. The van der Waals surface area contributed by atoms with Crippen molar-refractivity contribution in [2.75, 3.05) is 19.1 Å². The number of methoxy groups -OCH3 is 1. The number of anilines is 1. The van der Waals surface area contributed by atoms with Crippen molar-refractivity contribution in [2.24, 2.45) is 5.92 Å². The zero-order valence-electron chi connectivity index (χ0n) is 20.9. The molecular formula is C28H31F2N3O3. The molecule has 0 saturated heterocycles. The van der Waals surface area contributed by atoms with E-state index in [0.717, 1.165) is 43.1 Å². The Morgan fingerprint density at radius 3 is 2.42 bits per heavy atom. The lowest BCUT2D eigenvalue weighted by Crippen LogP contribution is -2.35. The van der Waals surface area contributed by atoms with E-state index in [0.29, 0.717) is 17.0 Å². The number of aromatic nitrogens is 2. The first kappa shape index (κ1) is 25.5. The molecule has 1 aliphatic carbocycles. The molecule has 190 valence electrons. The summed E-state index contributed by atoms with van der Waals surface area (Å²) in [6, 6.07) is 10.2. The molecule has 1 amide bonds. The van der Waals surface area contributed by atoms with E-state index >= 15 is 0 Å². The van der Waals surface area contributed by atoms with E-state index in [1.807, 2.05) is 6.92 Å². The molecule has 36 heavy (non-hydrogen) atoms. The van der Waals surface area contributed by atoms with Crippen LogP contribution in [0.3, 0.4) is 0 Å². The third-order valence-corrected chi connectivity index (χ3v) is 6.80. The van der Waals surface area contributed by atoms with Gasteiger partial charge in [0.2, 0.25) is 5.91 Å². The highest BCUT2D eigenvalue weighted by atomic mass is 19.1. The number of rotatable bonds is 9. The van der Waals surface area contributed by atoms with E-state index in [-0.39, 0.29) is 31.1 Å². The van der Waals surface area contributed by atoms with Crippen molar-refractivity contribution >= 4 is 17.4 Å². The van der Waals surface area contributed by atoms with E-state index in [1.165, 1.54) is 22.6 Å². The maximum Gasteiger partial charge on any atom is 0.230 e. The van der Waals surface area contributed by atoms with Crippen LogP contribution in [-0.2, 0) is 35.4 Å². The lowest BCUT2D eigenvalue weighted by molar-refractivity contribution is -0.127. The Morgan fingerprint density at radius 2 is 1.75 bits per heavy atom. The van der Waals surface area contributed by atoms with Crippen LogP contribution in [0.4, 0.5) is 14.5 Å². The lowest BCUT2D eigenvalue weighted by atomic mass is 9.92. The number of carbonyl (C=O) groups excluding carboxylic acids is 2. The van der Waals surface area contributed by atoms with Gasteiger partial charge in [-0.1, -0.05) is 0 Å². The van der Waals surface area contributed by atoms with Crippen molar-refractivity contribution in [3.63, 3.8) is 0 Å². The molecule has 0 spiro atoms. The molecule has 1 atom stereocenters. The smallest absolute Gasteiger partial charge is 0.230 e. The van der Waals surface area contributed by atoms with Gasteiger partial charge in [0.1, 0.15) is 17.4 Å². The van der Waals surface area contributed by atoms with E-state index < -0.39 is 17.6 Å². The molecule has 2 aromatic carbocycles. The molecule has 8 heteroatoms. The van der Waals surface area contributed by atoms with E-state index in [4.69, 9.17) is 4.74 Å². The first-order valence-electron chi connectivity index (χ1n) is 12.2. The molecule has 0 unspecified atom stereocenters. The minimum atomic E-state index is -0.793. The van der Waals surface area contributed by atoms with E-state index in [9.17, 15) is 18.4 Å². The molecule has 0 bridgehead atoms. The molecule has 0 fully saturated rings. The van der Waals surface area contributed by atoms with Gasteiger partial charge in [-0.2, -0.15) is 5.10 Å². The van der Waals surface area contributed by atoms with Crippen LogP contribution >= 0.6 is 0 Å². The normalized spacial score (nSPS) is 13.7. The van der Waals surface area contributed by atoms with Gasteiger partial charge in [0.05, 0.1) is 19.3 Å².